The lowest BCUT2D eigenvalue weighted by Crippen LogP contribution is -2.37. The Morgan fingerprint density at radius 3 is 2.14 bits per heavy atom. The number of benzene rings is 4. The number of nitrogens with zero attached hydrogens (tertiary/aromatic N) is 1. The fourth-order valence-electron chi connectivity index (χ4n) is 3.57. The number of rotatable bonds is 9. The lowest BCUT2D eigenvalue weighted by molar-refractivity contribution is -0.116. The lowest BCUT2D eigenvalue weighted by Gasteiger charge is -2.23. The van der Waals surface area contributed by atoms with Gasteiger partial charge in [0, 0.05) is 22.2 Å². The number of hydrogen-bond donors (Lipinski definition) is 1. The normalized spacial score (nSPS) is 11.4. The fraction of sp³-hybridized carbons (Fsp3) is 0.107. The molecule has 37 heavy (non-hydrogen) atoms. The van der Waals surface area contributed by atoms with E-state index in [0.717, 1.165) is 9.87 Å². The third-order valence-corrected chi connectivity index (χ3v) is 8.02. The minimum atomic E-state index is -4.07. The molecule has 4 aromatic carbocycles. The molecule has 190 valence electrons. The van der Waals surface area contributed by atoms with E-state index in [9.17, 15) is 13.2 Å². The van der Waals surface area contributed by atoms with Crippen molar-refractivity contribution in [3.8, 4) is 11.5 Å². The topological polar surface area (TPSA) is 75.7 Å². The molecular weight excluding hydrogens is 531 g/mol. The van der Waals surface area contributed by atoms with Crippen molar-refractivity contribution in [2.45, 2.75) is 18.4 Å². The van der Waals surface area contributed by atoms with Crippen LogP contribution in [0.2, 0.25) is 10.0 Å². The molecule has 0 radical (unpaired) electrons. The molecule has 0 saturated carbocycles. The van der Waals surface area contributed by atoms with Crippen LogP contribution in [-0.2, 0) is 21.4 Å². The average molecular weight is 555 g/mol. The predicted molar refractivity (Wildman–Crippen MR) is 147 cm³/mol. The van der Waals surface area contributed by atoms with Crippen molar-refractivity contribution in [2.75, 3.05) is 11.9 Å². The van der Waals surface area contributed by atoms with Gasteiger partial charge in [0.1, 0.15) is 5.75 Å². The van der Waals surface area contributed by atoms with E-state index >= 15 is 0 Å². The summed E-state index contributed by atoms with van der Waals surface area (Å²) in [7, 11) is -4.07. The molecule has 1 N–H and O–H groups in total. The summed E-state index contributed by atoms with van der Waals surface area (Å²) in [6, 6.07) is 27.4. The van der Waals surface area contributed by atoms with E-state index in [2.05, 4.69) is 5.32 Å². The van der Waals surface area contributed by atoms with E-state index in [-0.39, 0.29) is 11.4 Å². The van der Waals surface area contributed by atoms with Crippen molar-refractivity contribution >= 4 is 44.8 Å². The number of para-hydroxylation sites is 3. The fourth-order valence-corrected chi connectivity index (χ4v) is 5.45. The molecule has 0 aliphatic carbocycles. The van der Waals surface area contributed by atoms with Crippen molar-refractivity contribution < 1.29 is 17.9 Å². The molecule has 0 atom stereocenters. The van der Waals surface area contributed by atoms with Crippen LogP contribution in [0.5, 0.6) is 11.5 Å². The maximum Gasteiger partial charge on any atom is 0.243 e. The second-order valence-electron chi connectivity index (χ2n) is 8.25. The van der Waals surface area contributed by atoms with Crippen molar-refractivity contribution in [3.05, 3.63) is 118 Å². The van der Waals surface area contributed by atoms with Gasteiger partial charge in [0.2, 0.25) is 15.9 Å². The second kappa shape index (κ2) is 11.8. The molecule has 0 saturated heterocycles. The summed E-state index contributed by atoms with van der Waals surface area (Å²) >= 11 is 12.7. The van der Waals surface area contributed by atoms with E-state index in [1.807, 2.05) is 25.1 Å². The molecule has 0 fully saturated rings. The molecule has 0 aromatic heterocycles. The van der Waals surface area contributed by atoms with Crippen LogP contribution in [-0.4, -0.2) is 25.2 Å². The molecule has 0 aliphatic rings. The highest BCUT2D eigenvalue weighted by atomic mass is 35.5. The molecule has 0 heterocycles. The first-order valence-corrected chi connectivity index (χ1v) is 13.5. The zero-order chi connectivity index (χ0) is 26.4. The minimum Gasteiger partial charge on any atom is -0.455 e. The van der Waals surface area contributed by atoms with Crippen molar-refractivity contribution in [3.63, 3.8) is 0 Å². The summed E-state index contributed by atoms with van der Waals surface area (Å²) < 4.78 is 34.2. The Labute approximate surface area is 226 Å². The van der Waals surface area contributed by atoms with E-state index in [1.165, 1.54) is 12.1 Å². The van der Waals surface area contributed by atoms with Gasteiger partial charge in [-0.05, 0) is 55.5 Å². The zero-order valence-electron chi connectivity index (χ0n) is 19.9. The average Bonchev–Trinajstić information content (AvgIpc) is 2.87. The minimum absolute atomic E-state index is 0.0573. The molecule has 0 spiro atoms. The Bertz CT molecular complexity index is 1470. The maximum absolute atomic E-state index is 13.6. The van der Waals surface area contributed by atoms with Gasteiger partial charge in [0.25, 0.3) is 0 Å². The molecule has 4 aromatic rings. The van der Waals surface area contributed by atoms with Gasteiger partial charge in [0.05, 0.1) is 17.1 Å². The van der Waals surface area contributed by atoms with Crippen LogP contribution in [0.4, 0.5) is 5.69 Å². The summed E-state index contributed by atoms with van der Waals surface area (Å²) in [6.07, 6.45) is 0. The number of carbonyl (C=O) groups is 1. The Morgan fingerprint density at radius 1 is 0.838 bits per heavy atom. The van der Waals surface area contributed by atoms with Gasteiger partial charge in [-0.3, -0.25) is 4.79 Å². The van der Waals surface area contributed by atoms with Crippen LogP contribution < -0.4 is 10.1 Å². The van der Waals surface area contributed by atoms with Crippen LogP contribution >= 0.6 is 23.2 Å². The number of halogens is 2. The number of amides is 1. The molecule has 4 rings (SSSR count). The Kier molecular flexibility index (Phi) is 8.51. The number of anilines is 1. The quantitative estimate of drug-likeness (QED) is 0.243. The summed E-state index contributed by atoms with van der Waals surface area (Å²) in [5, 5.41) is 3.38. The number of ether oxygens (including phenoxy) is 1. The number of hydrogen-bond acceptors (Lipinski definition) is 4. The first-order chi connectivity index (χ1) is 17.7. The van der Waals surface area contributed by atoms with Gasteiger partial charge in [0.15, 0.2) is 5.75 Å². The maximum atomic E-state index is 13.6. The van der Waals surface area contributed by atoms with E-state index < -0.39 is 22.5 Å². The summed E-state index contributed by atoms with van der Waals surface area (Å²) in [5.74, 6) is 0.466. The van der Waals surface area contributed by atoms with Crippen LogP contribution in [0.1, 0.15) is 11.1 Å². The Balaban J connectivity index is 1.62. The first-order valence-electron chi connectivity index (χ1n) is 11.4. The smallest absolute Gasteiger partial charge is 0.243 e. The highest BCUT2D eigenvalue weighted by Crippen LogP contribution is 2.30. The van der Waals surface area contributed by atoms with Crippen LogP contribution in [0.15, 0.2) is 102 Å². The number of sulfonamides is 1. The van der Waals surface area contributed by atoms with Gasteiger partial charge in [-0.1, -0.05) is 77.3 Å². The Hall–Kier alpha value is -3.36. The molecule has 0 bridgehead atoms. The molecule has 9 heteroatoms. The van der Waals surface area contributed by atoms with E-state index in [1.54, 1.807) is 66.7 Å². The SMILES string of the molecule is Cc1ccc(S(=O)(=O)N(CC(=O)Nc2ccccc2Oc2ccccc2)Cc2c(Cl)cccc2Cl)cc1. The van der Waals surface area contributed by atoms with Gasteiger partial charge in [-0.2, -0.15) is 4.31 Å². The molecule has 0 aliphatic heterocycles. The zero-order valence-corrected chi connectivity index (χ0v) is 22.2. The summed E-state index contributed by atoms with van der Waals surface area (Å²) in [6.45, 7) is 1.20. The Morgan fingerprint density at radius 2 is 1.46 bits per heavy atom. The highest BCUT2D eigenvalue weighted by molar-refractivity contribution is 7.89. The third kappa shape index (κ3) is 6.70. The van der Waals surface area contributed by atoms with Crippen molar-refractivity contribution in [2.24, 2.45) is 0 Å². The number of aryl methyl sites for hydroxylation is 1. The van der Waals surface area contributed by atoms with Gasteiger partial charge >= 0.3 is 0 Å². The van der Waals surface area contributed by atoms with Crippen molar-refractivity contribution in [1.82, 2.24) is 4.31 Å². The van der Waals surface area contributed by atoms with Gasteiger partial charge < -0.3 is 10.1 Å². The summed E-state index contributed by atoms with van der Waals surface area (Å²) in [5.41, 5.74) is 1.72. The van der Waals surface area contributed by atoms with Crippen LogP contribution in [0.25, 0.3) is 0 Å². The van der Waals surface area contributed by atoms with Crippen LogP contribution in [0.3, 0.4) is 0 Å². The highest BCUT2D eigenvalue weighted by Gasteiger charge is 2.28. The standard InChI is InChI=1S/C28H24Cl2N2O4S/c1-20-14-16-22(17-15-20)37(34,35)32(18-23-24(29)10-7-11-25(23)30)19-28(33)31-26-12-5-6-13-27(26)36-21-8-3-2-4-9-21/h2-17H,18-19H2,1H3,(H,31,33). The summed E-state index contributed by atoms with van der Waals surface area (Å²) in [4.78, 5) is 13.2. The van der Waals surface area contributed by atoms with Gasteiger partial charge in [-0.25, -0.2) is 8.42 Å². The number of nitrogens with one attached hydrogen (secondary N) is 1. The largest absolute Gasteiger partial charge is 0.455 e. The van der Waals surface area contributed by atoms with Crippen molar-refractivity contribution in [1.29, 1.82) is 0 Å². The van der Waals surface area contributed by atoms with E-state index in [4.69, 9.17) is 27.9 Å². The molecular formula is C28H24Cl2N2O4S. The monoisotopic (exact) mass is 554 g/mol. The lowest BCUT2D eigenvalue weighted by atomic mass is 10.2. The second-order valence-corrected chi connectivity index (χ2v) is 11.0. The molecule has 0 unspecified atom stereocenters. The van der Waals surface area contributed by atoms with E-state index in [0.29, 0.717) is 32.8 Å². The molecule has 6 nitrogen and oxygen atoms in total. The first kappa shape index (κ1) is 26.7. The van der Waals surface area contributed by atoms with Crippen LogP contribution in [0, 0.1) is 6.92 Å². The van der Waals surface area contributed by atoms with Gasteiger partial charge in [-0.15, -0.1) is 0 Å². The predicted octanol–water partition coefficient (Wildman–Crippen LogP) is 6.92. The third-order valence-electron chi connectivity index (χ3n) is 5.51. The number of carbonyl (C=O) groups excluding carboxylic acids is 1. The molecule has 1 amide bonds.